The van der Waals surface area contributed by atoms with Gasteiger partial charge in [-0.15, -0.1) is 6.58 Å². The van der Waals surface area contributed by atoms with Crippen LogP contribution in [0.5, 0.6) is 0 Å². The van der Waals surface area contributed by atoms with Crippen LogP contribution in [-0.4, -0.2) is 33.3 Å². The number of benzene rings is 1. The monoisotopic (exact) mass is 417 g/mol. The summed E-state index contributed by atoms with van der Waals surface area (Å²) in [6.07, 6.45) is 8.04. The molecule has 0 radical (unpaired) electrons. The van der Waals surface area contributed by atoms with Crippen molar-refractivity contribution < 1.29 is 22.7 Å². The molecule has 1 aromatic rings. The zero-order chi connectivity index (χ0) is 20.6. The second kappa shape index (κ2) is 7.69. The summed E-state index contributed by atoms with van der Waals surface area (Å²) in [6, 6.07) is 5.51. The maximum atomic E-state index is 12.9. The molecule has 4 aliphatic carbocycles. The SMILES string of the molecule is C=CCNS(=O)(=O)c1ccc(C(=O)OCC(=O)C23CC4CC(CC(C4)C2)C3)cc1. The van der Waals surface area contributed by atoms with E-state index in [1.54, 1.807) is 0 Å². The van der Waals surface area contributed by atoms with E-state index >= 15 is 0 Å². The first-order valence-corrected chi connectivity index (χ1v) is 11.7. The molecular formula is C22H27NO5S. The van der Waals surface area contributed by atoms with Crippen molar-refractivity contribution in [3.05, 3.63) is 42.5 Å². The Kier molecular flexibility index (Phi) is 5.38. The first-order valence-electron chi connectivity index (χ1n) is 10.2. The van der Waals surface area contributed by atoms with Crippen molar-refractivity contribution in [2.24, 2.45) is 23.2 Å². The summed E-state index contributed by atoms with van der Waals surface area (Å²) in [6.45, 7) is 3.39. The third-order valence-electron chi connectivity index (χ3n) is 6.78. The fraction of sp³-hybridized carbons (Fsp3) is 0.545. The summed E-state index contributed by atoms with van der Waals surface area (Å²) >= 11 is 0. The Morgan fingerprint density at radius 3 is 2.14 bits per heavy atom. The largest absolute Gasteiger partial charge is 0.454 e. The number of ketones is 1. The van der Waals surface area contributed by atoms with Gasteiger partial charge in [0.25, 0.3) is 0 Å². The summed E-state index contributed by atoms with van der Waals surface area (Å²) < 4.78 is 31.8. The number of carbonyl (C=O) groups excluding carboxylic acids is 2. The van der Waals surface area contributed by atoms with Gasteiger partial charge in [0, 0.05) is 12.0 Å². The van der Waals surface area contributed by atoms with Crippen LogP contribution in [-0.2, 0) is 19.6 Å². The van der Waals surface area contributed by atoms with Gasteiger partial charge in [-0.05, 0) is 80.5 Å². The summed E-state index contributed by atoms with van der Waals surface area (Å²) in [5, 5.41) is 0. The first kappa shape index (κ1) is 20.3. The third kappa shape index (κ3) is 4.03. The Hall–Kier alpha value is -1.99. The minimum absolute atomic E-state index is 0.0535. The maximum absolute atomic E-state index is 12.9. The molecule has 0 atom stereocenters. The molecule has 0 unspecified atom stereocenters. The standard InChI is InChI=1S/C22H27NO5S/c1-2-7-23-29(26,27)19-5-3-18(4-6-19)21(25)28-14-20(24)22-11-15-8-16(12-22)10-17(9-15)13-22/h2-6,15-17,23H,1,7-14H2. The topological polar surface area (TPSA) is 89.5 Å². The van der Waals surface area contributed by atoms with Crippen molar-refractivity contribution in [3.8, 4) is 0 Å². The molecule has 1 N–H and O–H groups in total. The van der Waals surface area contributed by atoms with E-state index in [9.17, 15) is 18.0 Å². The molecule has 4 bridgehead atoms. The molecule has 156 valence electrons. The molecule has 0 heterocycles. The maximum Gasteiger partial charge on any atom is 0.338 e. The molecule has 6 nitrogen and oxygen atoms in total. The van der Waals surface area contributed by atoms with Crippen molar-refractivity contribution in [1.29, 1.82) is 0 Å². The normalized spacial score (nSPS) is 30.1. The van der Waals surface area contributed by atoms with Crippen molar-refractivity contribution in [2.45, 2.75) is 43.4 Å². The van der Waals surface area contributed by atoms with E-state index < -0.39 is 16.0 Å². The summed E-state index contributed by atoms with van der Waals surface area (Å²) in [5.41, 5.74) is -0.0601. The number of hydrogen-bond donors (Lipinski definition) is 1. The van der Waals surface area contributed by atoms with Crippen molar-refractivity contribution in [2.75, 3.05) is 13.2 Å². The Balaban J connectivity index is 1.36. The van der Waals surface area contributed by atoms with Gasteiger partial charge in [0.15, 0.2) is 12.4 Å². The van der Waals surface area contributed by atoms with Crippen LogP contribution in [0.4, 0.5) is 0 Å². The van der Waals surface area contributed by atoms with E-state index in [2.05, 4.69) is 11.3 Å². The Labute approximate surface area is 171 Å². The number of esters is 1. The van der Waals surface area contributed by atoms with Gasteiger partial charge in [0.2, 0.25) is 10.0 Å². The molecule has 0 aromatic heterocycles. The molecule has 4 aliphatic rings. The van der Waals surface area contributed by atoms with Crippen LogP contribution in [0, 0.1) is 23.2 Å². The summed E-state index contributed by atoms with van der Waals surface area (Å²) in [4.78, 5) is 25.4. The van der Waals surface area contributed by atoms with E-state index in [-0.39, 0.29) is 34.8 Å². The van der Waals surface area contributed by atoms with Crippen LogP contribution in [0.15, 0.2) is 41.8 Å². The van der Waals surface area contributed by atoms with Crippen LogP contribution >= 0.6 is 0 Å². The Bertz CT molecular complexity index is 884. The second-order valence-electron chi connectivity index (χ2n) is 8.86. The van der Waals surface area contributed by atoms with Crippen LogP contribution < -0.4 is 4.72 Å². The van der Waals surface area contributed by atoms with Crippen LogP contribution in [0.25, 0.3) is 0 Å². The molecule has 7 heteroatoms. The molecule has 4 saturated carbocycles. The minimum Gasteiger partial charge on any atom is -0.454 e. The van der Waals surface area contributed by atoms with E-state index in [0.29, 0.717) is 17.8 Å². The van der Waals surface area contributed by atoms with Gasteiger partial charge in [-0.25, -0.2) is 17.9 Å². The lowest BCUT2D eigenvalue weighted by atomic mass is 9.48. The number of nitrogens with one attached hydrogen (secondary N) is 1. The highest BCUT2D eigenvalue weighted by Gasteiger charge is 2.54. The lowest BCUT2D eigenvalue weighted by Gasteiger charge is -2.55. The molecule has 0 aliphatic heterocycles. The zero-order valence-corrected chi connectivity index (χ0v) is 17.2. The highest BCUT2D eigenvalue weighted by Crippen LogP contribution is 2.60. The van der Waals surface area contributed by atoms with E-state index in [0.717, 1.165) is 19.3 Å². The van der Waals surface area contributed by atoms with E-state index in [4.69, 9.17) is 4.74 Å². The molecule has 29 heavy (non-hydrogen) atoms. The fourth-order valence-corrected chi connectivity index (χ4v) is 6.84. The molecule has 1 aromatic carbocycles. The van der Waals surface area contributed by atoms with Gasteiger partial charge in [-0.3, -0.25) is 4.79 Å². The van der Waals surface area contributed by atoms with Crippen LogP contribution in [0.3, 0.4) is 0 Å². The molecule has 0 spiro atoms. The van der Waals surface area contributed by atoms with Crippen molar-refractivity contribution in [1.82, 2.24) is 4.72 Å². The number of rotatable bonds is 8. The highest BCUT2D eigenvalue weighted by atomic mass is 32.2. The smallest absolute Gasteiger partial charge is 0.338 e. The first-order chi connectivity index (χ1) is 13.8. The van der Waals surface area contributed by atoms with Crippen molar-refractivity contribution in [3.63, 3.8) is 0 Å². The van der Waals surface area contributed by atoms with Gasteiger partial charge in [0.1, 0.15) is 0 Å². The summed E-state index contributed by atoms with van der Waals surface area (Å²) in [7, 11) is -3.64. The lowest BCUT2D eigenvalue weighted by molar-refractivity contribution is -0.147. The van der Waals surface area contributed by atoms with Gasteiger partial charge in [-0.2, -0.15) is 0 Å². The number of hydrogen-bond acceptors (Lipinski definition) is 5. The second-order valence-corrected chi connectivity index (χ2v) is 10.6. The fourth-order valence-electron chi connectivity index (χ4n) is 5.84. The Morgan fingerprint density at radius 1 is 1.07 bits per heavy atom. The molecule has 5 rings (SSSR count). The van der Waals surface area contributed by atoms with Crippen molar-refractivity contribution >= 4 is 21.8 Å². The predicted molar refractivity (Wildman–Crippen MR) is 108 cm³/mol. The number of ether oxygens (including phenoxy) is 1. The predicted octanol–water partition coefficient (Wildman–Crippen LogP) is 3.09. The summed E-state index contributed by atoms with van der Waals surface area (Å²) in [5.74, 6) is 1.42. The average Bonchev–Trinajstić information content (AvgIpc) is 2.69. The van der Waals surface area contributed by atoms with E-state index in [1.807, 2.05) is 0 Å². The van der Waals surface area contributed by atoms with Gasteiger partial charge in [0.05, 0.1) is 10.5 Å². The number of Topliss-reactive ketones (excluding diaryl/α,β-unsaturated/α-hetero) is 1. The molecule has 4 fully saturated rings. The average molecular weight is 418 g/mol. The molecule has 0 saturated heterocycles. The van der Waals surface area contributed by atoms with Gasteiger partial charge in [-0.1, -0.05) is 6.08 Å². The van der Waals surface area contributed by atoms with Crippen LogP contribution in [0.2, 0.25) is 0 Å². The Morgan fingerprint density at radius 2 is 1.62 bits per heavy atom. The lowest BCUT2D eigenvalue weighted by Crippen LogP contribution is -2.51. The minimum atomic E-state index is -3.64. The van der Waals surface area contributed by atoms with Crippen LogP contribution in [0.1, 0.15) is 48.9 Å². The molecule has 0 amide bonds. The van der Waals surface area contributed by atoms with Gasteiger partial charge < -0.3 is 4.74 Å². The van der Waals surface area contributed by atoms with Gasteiger partial charge >= 0.3 is 5.97 Å². The third-order valence-corrected chi connectivity index (χ3v) is 8.22. The molecular weight excluding hydrogens is 390 g/mol. The number of carbonyl (C=O) groups is 2. The highest BCUT2D eigenvalue weighted by molar-refractivity contribution is 7.89. The number of sulfonamides is 1. The quantitative estimate of drug-likeness (QED) is 0.519. The zero-order valence-electron chi connectivity index (χ0n) is 16.4. The van der Waals surface area contributed by atoms with E-state index in [1.165, 1.54) is 49.6 Å².